The Kier molecular flexibility index (Phi) is 8.55. The van der Waals surface area contributed by atoms with Gasteiger partial charge in [-0.25, -0.2) is 22.0 Å². The topological polar surface area (TPSA) is 93.2 Å². The largest absolute Gasteiger partial charge is 0.465 e. The summed E-state index contributed by atoms with van der Waals surface area (Å²) in [6.45, 7) is 5.15. The zero-order valence-corrected chi connectivity index (χ0v) is 27.2. The molecule has 5 aliphatic rings. The monoisotopic (exact) mass is 656 g/mol. The maximum absolute atomic E-state index is 16.0. The van der Waals surface area contributed by atoms with Crippen molar-refractivity contribution in [2.75, 3.05) is 57.3 Å². The molecule has 46 heavy (non-hydrogen) atoms. The standard InChI is InChI=1S/C35H46F2N4O4S/c36-27-5-1-4-26(20-27)35(24-39-16-3-17-39,31-6-2-7-32(31)38-33(42)43)25-14-18-40(19-15-25)21-34(37)22-41(23-34)28-8-10-29(11-9-28)46(44,45)30-12-13-30/h1,4-5,8-11,20,25,30-32,38H,2-3,6-7,12-19,21-24H2,(H,42,43)/t31-,32-,35?/m0/s1. The van der Waals surface area contributed by atoms with Crippen molar-refractivity contribution < 1.29 is 27.1 Å². The lowest BCUT2D eigenvalue weighted by Gasteiger charge is -2.54. The molecule has 250 valence electrons. The first-order chi connectivity index (χ1) is 22.1. The number of likely N-dealkylation sites (tertiary alicyclic amines) is 2. The van der Waals surface area contributed by atoms with Crippen molar-refractivity contribution in [3.05, 3.63) is 59.9 Å². The predicted octanol–water partition coefficient (Wildman–Crippen LogP) is 5.08. The molecule has 2 aromatic carbocycles. The van der Waals surface area contributed by atoms with Crippen LogP contribution >= 0.6 is 0 Å². The molecule has 3 saturated heterocycles. The number of nitrogens with zero attached hydrogens (tertiary/aromatic N) is 3. The minimum Gasteiger partial charge on any atom is -0.465 e. The van der Waals surface area contributed by atoms with E-state index in [0.717, 1.165) is 95.3 Å². The molecule has 8 nitrogen and oxygen atoms in total. The molecule has 0 spiro atoms. The summed E-state index contributed by atoms with van der Waals surface area (Å²) in [5.41, 5.74) is 0.0614. The van der Waals surface area contributed by atoms with Crippen LogP contribution in [0.3, 0.4) is 0 Å². The molecule has 2 N–H and O–H groups in total. The first kappa shape index (κ1) is 31.8. The van der Waals surface area contributed by atoms with Gasteiger partial charge < -0.3 is 20.2 Å². The number of hydrogen-bond acceptors (Lipinski definition) is 6. The molecule has 1 amide bonds. The maximum atomic E-state index is 16.0. The van der Waals surface area contributed by atoms with E-state index in [4.69, 9.17) is 0 Å². The first-order valence-electron chi connectivity index (χ1n) is 17.0. The molecule has 3 heterocycles. The molecule has 11 heteroatoms. The highest BCUT2D eigenvalue weighted by molar-refractivity contribution is 7.92. The third kappa shape index (κ3) is 6.15. The summed E-state index contributed by atoms with van der Waals surface area (Å²) in [6.07, 6.45) is 5.89. The van der Waals surface area contributed by atoms with E-state index in [0.29, 0.717) is 11.4 Å². The summed E-state index contributed by atoms with van der Waals surface area (Å²) in [6, 6.07) is 13.7. The zero-order chi connectivity index (χ0) is 32.1. The van der Waals surface area contributed by atoms with Crippen molar-refractivity contribution >= 4 is 21.6 Å². The van der Waals surface area contributed by atoms with Crippen LogP contribution in [-0.2, 0) is 15.3 Å². The number of halogens is 2. The summed E-state index contributed by atoms with van der Waals surface area (Å²) in [5, 5.41) is 12.3. The number of carbonyl (C=O) groups is 1. The summed E-state index contributed by atoms with van der Waals surface area (Å²) in [7, 11) is -3.24. The average molecular weight is 657 g/mol. The zero-order valence-electron chi connectivity index (χ0n) is 26.4. The van der Waals surface area contributed by atoms with Crippen LogP contribution in [0.5, 0.6) is 0 Å². The number of sulfone groups is 1. The molecule has 5 fully saturated rings. The number of piperidine rings is 1. The van der Waals surface area contributed by atoms with E-state index in [1.807, 2.05) is 11.0 Å². The Morgan fingerprint density at radius 2 is 1.65 bits per heavy atom. The van der Waals surface area contributed by atoms with Gasteiger partial charge in [-0.05, 0) is 125 Å². The molecular weight excluding hydrogens is 610 g/mol. The number of carboxylic acid groups (broad SMARTS) is 1. The molecule has 0 aromatic heterocycles. The SMILES string of the molecule is O=C(O)N[C@H]1CCC[C@@H]1C(CN1CCC1)(c1cccc(F)c1)C1CCN(CC2(F)CN(c3ccc(S(=O)(=O)C4CC4)cc3)C2)CC1. The van der Waals surface area contributed by atoms with E-state index in [9.17, 15) is 22.7 Å². The second-order valence-corrected chi connectivity index (χ2v) is 16.8. The minimum atomic E-state index is -3.24. The number of benzene rings is 2. The van der Waals surface area contributed by atoms with Crippen molar-refractivity contribution in [3.63, 3.8) is 0 Å². The van der Waals surface area contributed by atoms with E-state index in [1.54, 1.807) is 36.4 Å². The average Bonchev–Trinajstić information content (AvgIpc) is 3.77. The highest BCUT2D eigenvalue weighted by Crippen LogP contribution is 2.51. The molecule has 7 rings (SSSR count). The Morgan fingerprint density at radius 1 is 0.935 bits per heavy atom. The van der Waals surface area contributed by atoms with E-state index < -0.39 is 27.0 Å². The van der Waals surface area contributed by atoms with E-state index in [1.165, 1.54) is 6.07 Å². The molecule has 3 aliphatic heterocycles. The smallest absolute Gasteiger partial charge is 0.404 e. The van der Waals surface area contributed by atoms with Gasteiger partial charge in [-0.15, -0.1) is 0 Å². The van der Waals surface area contributed by atoms with Gasteiger partial charge in [0.1, 0.15) is 5.82 Å². The van der Waals surface area contributed by atoms with Crippen LogP contribution in [0.15, 0.2) is 53.4 Å². The molecule has 1 unspecified atom stereocenters. The summed E-state index contributed by atoms with van der Waals surface area (Å²) < 4.78 is 55.9. The van der Waals surface area contributed by atoms with Gasteiger partial charge in [-0.2, -0.15) is 0 Å². The Labute approximate surface area is 271 Å². The van der Waals surface area contributed by atoms with Gasteiger partial charge in [0.15, 0.2) is 15.5 Å². The van der Waals surface area contributed by atoms with Crippen LogP contribution in [0.25, 0.3) is 0 Å². The molecule has 0 bridgehead atoms. The lowest BCUT2D eigenvalue weighted by Crippen LogP contribution is -2.65. The number of hydrogen-bond donors (Lipinski definition) is 2. The lowest BCUT2D eigenvalue weighted by atomic mass is 9.57. The van der Waals surface area contributed by atoms with Crippen molar-refractivity contribution in [3.8, 4) is 0 Å². The van der Waals surface area contributed by atoms with Gasteiger partial charge in [0, 0.05) is 30.2 Å². The number of anilines is 1. The highest BCUT2D eigenvalue weighted by atomic mass is 32.2. The first-order valence-corrected chi connectivity index (χ1v) is 18.6. The number of rotatable bonds is 11. The molecule has 0 radical (unpaired) electrons. The number of alkyl halides is 1. The van der Waals surface area contributed by atoms with E-state index in [-0.39, 0.29) is 42.0 Å². The summed E-state index contributed by atoms with van der Waals surface area (Å²) in [5.74, 6) is 0.00360. The van der Waals surface area contributed by atoms with Crippen LogP contribution in [0.4, 0.5) is 19.3 Å². The number of nitrogens with one attached hydrogen (secondary N) is 1. The Morgan fingerprint density at radius 3 is 2.26 bits per heavy atom. The lowest BCUT2D eigenvalue weighted by molar-refractivity contribution is 0.00601. The fraction of sp³-hybridized carbons (Fsp3) is 0.629. The van der Waals surface area contributed by atoms with Gasteiger partial charge in [0.25, 0.3) is 0 Å². The maximum Gasteiger partial charge on any atom is 0.404 e. The van der Waals surface area contributed by atoms with Crippen molar-refractivity contribution in [1.29, 1.82) is 0 Å². The normalized spacial score (nSPS) is 27.0. The molecular formula is C35H46F2N4O4S. The van der Waals surface area contributed by atoms with Crippen LogP contribution in [0.1, 0.15) is 56.9 Å². The van der Waals surface area contributed by atoms with Gasteiger partial charge in [-0.3, -0.25) is 4.90 Å². The fourth-order valence-corrected chi connectivity index (χ4v) is 10.7. The third-order valence-corrected chi connectivity index (χ3v) is 13.8. The highest BCUT2D eigenvalue weighted by Gasteiger charge is 2.54. The Bertz CT molecular complexity index is 1520. The number of amides is 1. The molecule has 3 atom stereocenters. The second-order valence-electron chi connectivity index (χ2n) is 14.6. The Hall–Kier alpha value is -2.76. The molecule has 2 aromatic rings. The molecule has 2 aliphatic carbocycles. The van der Waals surface area contributed by atoms with Crippen LogP contribution in [0.2, 0.25) is 0 Å². The third-order valence-electron chi connectivity index (χ3n) is 11.5. The van der Waals surface area contributed by atoms with Crippen molar-refractivity contribution in [1.82, 2.24) is 15.1 Å². The predicted molar refractivity (Wildman–Crippen MR) is 173 cm³/mol. The molecule has 2 saturated carbocycles. The van der Waals surface area contributed by atoms with Gasteiger partial charge in [0.2, 0.25) is 0 Å². The van der Waals surface area contributed by atoms with Crippen LogP contribution in [0, 0.1) is 17.7 Å². The van der Waals surface area contributed by atoms with Crippen LogP contribution in [-0.4, -0.2) is 98.7 Å². The van der Waals surface area contributed by atoms with Crippen LogP contribution < -0.4 is 10.2 Å². The summed E-state index contributed by atoms with van der Waals surface area (Å²) in [4.78, 5) is 18.8. The van der Waals surface area contributed by atoms with E-state index >= 15 is 4.39 Å². The van der Waals surface area contributed by atoms with Gasteiger partial charge in [0.05, 0.1) is 23.2 Å². The fourth-order valence-electron chi connectivity index (χ4n) is 9.03. The summed E-state index contributed by atoms with van der Waals surface area (Å²) >= 11 is 0. The quantitative estimate of drug-likeness (QED) is 0.349. The van der Waals surface area contributed by atoms with Gasteiger partial charge >= 0.3 is 6.09 Å². The minimum absolute atomic E-state index is 0.0564. The van der Waals surface area contributed by atoms with Crippen molar-refractivity contribution in [2.45, 2.75) is 78.6 Å². The van der Waals surface area contributed by atoms with E-state index in [2.05, 4.69) is 15.1 Å². The second kappa shape index (κ2) is 12.4. The van der Waals surface area contributed by atoms with Crippen molar-refractivity contribution in [2.24, 2.45) is 11.8 Å². The Balaban J connectivity index is 1.04. The van der Waals surface area contributed by atoms with Gasteiger partial charge in [-0.1, -0.05) is 18.6 Å².